The molecule has 0 radical (unpaired) electrons. The molecule has 0 bridgehead atoms. The van der Waals surface area contributed by atoms with Gasteiger partial charge in [-0.25, -0.2) is 8.42 Å². The zero-order valence-corrected chi connectivity index (χ0v) is 17.8. The van der Waals surface area contributed by atoms with Gasteiger partial charge in [0.1, 0.15) is 0 Å². The van der Waals surface area contributed by atoms with Crippen molar-refractivity contribution >= 4 is 44.0 Å². The normalized spacial score (nSPS) is 12.6. The Hall–Kier alpha value is -3.42. The van der Waals surface area contributed by atoms with Gasteiger partial charge in [0.05, 0.1) is 21.7 Å². The molecule has 0 amide bonds. The maximum Gasteiger partial charge on any atom is 0.261 e. The number of aryl methyl sites for hydroxylation is 1. The van der Waals surface area contributed by atoms with Crippen LogP contribution in [0, 0.1) is 0 Å². The van der Waals surface area contributed by atoms with Gasteiger partial charge in [-0.3, -0.25) is 14.3 Å². The monoisotopic (exact) mass is 450 g/mol. The number of carbonyl (C=O) groups is 1. The molecule has 1 aliphatic rings. The highest BCUT2D eigenvalue weighted by Gasteiger charge is 2.30. The summed E-state index contributed by atoms with van der Waals surface area (Å²) < 4.78 is 29.9. The van der Waals surface area contributed by atoms with Crippen molar-refractivity contribution in [1.29, 1.82) is 0 Å². The Kier molecular flexibility index (Phi) is 4.28. The van der Waals surface area contributed by atoms with E-state index in [0.29, 0.717) is 32.6 Å². The zero-order valence-electron chi connectivity index (χ0n) is 16.2. The van der Waals surface area contributed by atoms with E-state index in [1.54, 1.807) is 37.4 Å². The van der Waals surface area contributed by atoms with Gasteiger partial charge in [-0.15, -0.1) is 0 Å². The summed E-state index contributed by atoms with van der Waals surface area (Å²) in [6.45, 7) is 0. The highest BCUT2D eigenvalue weighted by Crippen LogP contribution is 2.41. The van der Waals surface area contributed by atoms with E-state index in [1.807, 2.05) is 0 Å². The average molecular weight is 451 g/mol. The molecule has 0 saturated heterocycles. The van der Waals surface area contributed by atoms with Gasteiger partial charge in [-0.05, 0) is 47.5 Å². The Morgan fingerprint density at radius 2 is 1.55 bits per heavy atom. The lowest BCUT2D eigenvalue weighted by Gasteiger charge is -2.23. The summed E-state index contributed by atoms with van der Waals surface area (Å²) in [6, 6.07) is 17.4. The Morgan fingerprint density at radius 3 is 2.26 bits per heavy atom. The molecule has 1 heterocycles. The smallest absolute Gasteiger partial charge is 0.261 e. The summed E-state index contributed by atoms with van der Waals surface area (Å²) in [4.78, 5) is 26.0. The second-order valence-corrected chi connectivity index (χ2v) is 9.39. The predicted octanol–water partition coefficient (Wildman–Crippen LogP) is 4.20. The third-order valence-corrected chi connectivity index (χ3v) is 7.10. The van der Waals surface area contributed by atoms with E-state index >= 15 is 0 Å². The van der Waals surface area contributed by atoms with Crippen molar-refractivity contribution in [3.8, 4) is 11.1 Å². The lowest BCUT2D eigenvalue weighted by atomic mass is 9.83. The number of halogens is 1. The molecule has 1 aromatic heterocycles. The number of aromatic nitrogens is 1. The maximum absolute atomic E-state index is 13.4. The SMILES string of the molecule is Cn1c(=O)cc2c3c(c(NS(=O)(=O)c4ccc(Cl)cc4)ccc31)C(=O)c1ccccc1-2. The van der Waals surface area contributed by atoms with E-state index in [-0.39, 0.29) is 27.5 Å². The second kappa shape index (κ2) is 6.80. The number of hydrogen-bond donors (Lipinski definition) is 1. The Morgan fingerprint density at radius 1 is 0.871 bits per heavy atom. The second-order valence-electron chi connectivity index (χ2n) is 7.27. The third kappa shape index (κ3) is 2.97. The summed E-state index contributed by atoms with van der Waals surface area (Å²) in [5.41, 5.74) is 2.39. The molecule has 0 aliphatic heterocycles. The van der Waals surface area contributed by atoms with Crippen LogP contribution in [0.3, 0.4) is 0 Å². The number of anilines is 1. The Bertz CT molecular complexity index is 1570. The third-order valence-electron chi connectivity index (χ3n) is 5.47. The highest BCUT2D eigenvalue weighted by atomic mass is 35.5. The summed E-state index contributed by atoms with van der Waals surface area (Å²) in [5.74, 6) is -0.304. The number of hydrogen-bond acceptors (Lipinski definition) is 4. The fraction of sp³-hybridized carbons (Fsp3) is 0.0435. The molecular weight excluding hydrogens is 436 g/mol. The number of pyridine rings is 1. The van der Waals surface area contributed by atoms with Crippen LogP contribution in [0.4, 0.5) is 5.69 Å². The van der Waals surface area contributed by atoms with Crippen molar-refractivity contribution in [1.82, 2.24) is 4.57 Å². The van der Waals surface area contributed by atoms with E-state index in [9.17, 15) is 18.0 Å². The summed E-state index contributed by atoms with van der Waals surface area (Å²) in [6.07, 6.45) is 0. The van der Waals surface area contributed by atoms with Crippen molar-refractivity contribution in [3.05, 3.63) is 93.2 Å². The Labute approximate surface area is 182 Å². The van der Waals surface area contributed by atoms with Gasteiger partial charge >= 0.3 is 0 Å². The van der Waals surface area contributed by atoms with Crippen LogP contribution in [0.1, 0.15) is 15.9 Å². The number of fused-ring (bicyclic) bond motifs is 2. The van der Waals surface area contributed by atoms with Crippen molar-refractivity contribution in [2.75, 3.05) is 4.72 Å². The first kappa shape index (κ1) is 19.5. The van der Waals surface area contributed by atoms with Crippen LogP contribution in [0.25, 0.3) is 22.0 Å². The van der Waals surface area contributed by atoms with Crippen LogP contribution in [0.15, 0.2) is 76.4 Å². The Balaban J connectivity index is 1.79. The molecule has 4 aromatic rings. The molecule has 31 heavy (non-hydrogen) atoms. The first-order valence-electron chi connectivity index (χ1n) is 9.37. The predicted molar refractivity (Wildman–Crippen MR) is 120 cm³/mol. The van der Waals surface area contributed by atoms with Crippen molar-refractivity contribution in [3.63, 3.8) is 0 Å². The molecular formula is C23H15ClN2O4S. The van der Waals surface area contributed by atoms with Gasteiger partial charge in [0.25, 0.3) is 15.6 Å². The van der Waals surface area contributed by atoms with Crippen LogP contribution >= 0.6 is 11.6 Å². The molecule has 0 spiro atoms. The van der Waals surface area contributed by atoms with Crippen LogP contribution in [0.2, 0.25) is 5.02 Å². The van der Waals surface area contributed by atoms with Gasteiger partial charge in [0, 0.05) is 29.1 Å². The number of ketones is 1. The molecule has 1 aliphatic carbocycles. The number of benzene rings is 3. The van der Waals surface area contributed by atoms with Crippen LogP contribution < -0.4 is 10.3 Å². The fourth-order valence-corrected chi connectivity index (χ4v) is 5.15. The molecule has 8 heteroatoms. The standard InChI is InChI=1S/C23H15ClN2O4S/c1-26-19-11-10-18(25-31(29,30)14-8-6-13(24)7-9-14)22-21(19)17(12-20(26)27)15-4-2-3-5-16(15)23(22)28/h2-12,25H,1H3. The van der Waals surface area contributed by atoms with Gasteiger partial charge in [-0.2, -0.15) is 0 Å². The molecule has 0 fully saturated rings. The van der Waals surface area contributed by atoms with Crippen LogP contribution in [-0.2, 0) is 17.1 Å². The van der Waals surface area contributed by atoms with Crippen molar-refractivity contribution in [2.45, 2.75) is 4.90 Å². The van der Waals surface area contributed by atoms with E-state index in [1.165, 1.54) is 41.0 Å². The lowest BCUT2D eigenvalue weighted by Crippen LogP contribution is -2.22. The first-order chi connectivity index (χ1) is 14.8. The number of rotatable bonds is 3. The van der Waals surface area contributed by atoms with Gasteiger partial charge in [0.15, 0.2) is 5.78 Å². The molecule has 6 nitrogen and oxygen atoms in total. The van der Waals surface area contributed by atoms with Crippen LogP contribution in [0.5, 0.6) is 0 Å². The minimum Gasteiger partial charge on any atom is -0.311 e. The number of nitrogens with zero attached hydrogens (tertiary/aromatic N) is 1. The number of sulfonamides is 1. The van der Waals surface area contributed by atoms with Crippen LogP contribution in [-0.4, -0.2) is 18.8 Å². The molecule has 0 saturated carbocycles. The number of carbonyl (C=O) groups excluding carboxylic acids is 1. The van der Waals surface area contributed by atoms with E-state index in [0.717, 1.165) is 0 Å². The average Bonchev–Trinajstić information content (AvgIpc) is 2.75. The quantitative estimate of drug-likeness (QED) is 0.446. The molecule has 0 unspecified atom stereocenters. The van der Waals surface area contributed by atoms with E-state index in [2.05, 4.69) is 4.72 Å². The molecule has 154 valence electrons. The van der Waals surface area contributed by atoms with E-state index in [4.69, 9.17) is 11.6 Å². The van der Waals surface area contributed by atoms with Crippen molar-refractivity contribution in [2.24, 2.45) is 7.05 Å². The topological polar surface area (TPSA) is 85.2 Å². The minimum absolute atomic E-state index is 0.0218. The van der Waals surface area contributed by atoms with E-state index < -0.39 is 10.0 Å². The summed E-state index contributed by atoms with van der Waals surface area (Å²) in [7, 11) is -2.35. The molecule has 3 aromatic carbocycles. The molecule has 1 N–H and O–H groups in total. The summed E-state index contributed by atoms with van der Waals surface area (Å²) in [5, 5.41) is 0.958. The fourth-order valence-electron chi connectivity index (χ4n) is 3.96. The first-order valence-corrected chi connectivity index (χ1v) is 11.2. The summed E-state index contributed by atoms with van der Waals surface area (Å²) >= 11 is 5.87. The van der Waals surface area contributed by atoms with Gasteiger partial charge in [-0.1, -0.05) is 35.9 Å². The van der Waals surface area contributed by atoms with Gasteiger partial charge < -0.3 is 4.57 Å². The highest BCUT2D eigenvalue weighted by molar-refractivity contribution is 7.92. The van der Waals surface area contributed by atoms with Crippen molar-refractivity contribution < 1.29 is 13.2 Å². The minimum atomic E-state index is -3.97. The number of nitrogens with one attached hydrogen (secondary N) is 1. The molecule has 5 rings (SSSR count). The maximum atomic E-state index is 13.4. The largest absolute Gasteiger partial charge is 0.311 e. The molecule has 0 atom stereocenters. The zero-order chi connectivity index (χ0) is 21.9. The van der Waals surface area contributed by atoms with Gasteiger partial charge in [0.2, 0.25) is 0 Å². The lowest BCUT2D eigenvalue weighted by molar-refractivity contribution is 0.104.